The van der Waals surface area contributed by atoms with Gasteiger partial charge in [-0.25, -0.2) is 0 Å². The Morgan fingerprint density at radius 3 is 2.52 bits per heavy atom. The van der Waals surface area contributed by atoms with Crippen molar-refractivity contribution >= 4 is 22.4 Å². The number of hydrogen-bond acceptors (Lipinski definition) is 6. The zero-order valence-electron chi connectivity index (χ0n) is 17.8. The number of piperidine rings is 1. The minimum absolute atomic E-state index is 0.221. The smallest absolute Gasteiger partial charge is 0.376 e. The lowest BCUT2D eigenvalue weighted by molar-refractivity contribution is -0.258. The summed E-state index contributed by atoms with van der Waals surface area (Å²) in [6, 6.07) is 9.06. The number of aliphatic hydroxyl groups is 1. The highest BCUT2D eigenvalue weighted by molar-refractivity contribution is 5.91. The Hall–Kier alpha value is -3.36. The maximum absolute atomic E-state index is 13.1. The minimum atomic E-state index is -4.83. The van der Waals surface area contributed by atoms with Crippen LogP contribution in [-0.4, -0.2) is 39.1 Å². The number of nitrogens with one attached hydrogen (secondary N) is 3. The molecule has 4 N–H and O–H groups in total. The molecule has 1 fully saturated rings. The Kier molecular flexibility index (Phi) is 5.67. The highest BCUT2D eigenvalue weighted by Crippen LogP contribution is 2.39. The van der Waals surface area contributed by atoms with Crippen molar-refractivity contribution in [2.24, 2.45) is 0 Å². The summed E-state index contributed by atoms with van der Waals surface area (Å²) in [6.45, 7) is 2.10. The highest BCUT2D eigenvalue weighted by Gasteiger charge is 2.51. The standard InChI is InChI=1S/C22H23F3N6O2/c1-20(33,22(23,24)25)14-2-4-15(5-3-14)29-18-17-16(6-11-28-19(17)32)31(30-18)21(7-10-26)8-12-27-13-9-21/h2-6,11,27,33H,7-9,12-13H2,1H3,(H,28,32)(H,29,30). The molecule has 8 nitrogen and oxygen atoms in total. The van der Waals surface area contributed by atoms with E-state index < -0.39 is 17.3 Å². The number of hydrogen-bond donors (Lipinski definition) is 4. The number of pyridine rings is 1. The van der Waals surface area contributed by atoms with Crippen molar-refractivity contribution in [1.29, 1.82) is 5.26 Å². The largest absolute Gasteiger partial charge is 0.421 e. The van der Waals surface area contributed by atoms with Crippen molar-refractivity contribution in [2.45, 2.75) is 43.5 Å². The lowest BCUT2D eigenvalue weighted by Gasteiger charge is -2.36. The first-order chi connectivity index (χ1) is 15.6. The van der Waals surface area contributed by atoms with Crippen LogP contribution in [0.15, 0.2) is 41.3 Å². The number of aromatic amines is 1. The van der Waals surface area contributed by atoms with Crippen LogP contribution in [0.3, 0.4) is 0 Å². The fourth-order valence-electron chi connectivity index (χ4n) is 4.21. The lowest BCUT2D eigenvalue weighted by Crippen LogP contribution is -2.44. The molecule has 0 radical (unpaired) electrons. The van der Waals surface area contributed by atoms with E-state index in [-0.39, 0.29) is 23.4 Å². The maximum atomic E-state index is 13.1. The molecule has 0 amide bonds. The molecule has 1 unspecified atom stereocenters. The Morgan fingerprint density at radius 1 is 1.24 bits per heavy atom. The third kappa shape index (κ3) is 3.96. The number of benzene rings is 1. The Labute approximate surface area is 187 Å². The van der Waals surface area contributed by atoms with Crippen LogP contribution < -0.4 is 16.2 Å². The molecule has 1 aliphatic rings. The van der Waals surface area contributed by atoms with Gasteiger partial charge in [-0.15, -0.1) is 0 Å². The molecule has 0 aliphatic carbocycles. The van der Waals surface area contributed by atoms with E-state index in [1.165, 1.54) is 30.5 Å². The zero-order valence-corrected chi connectivity index (χ0v) is 17.8. The molecule has 3 heterocycles. The summed E-state index contributed by atoms with van der Waals surface area (Å²) in [7, 11) is 0. The number of nitriles is 1. The van der Waals surface area contributed by atoms with E-state index in [0.29, 0.717) is 49.4 Å². The van der Waals surface area contributed by atoms with Gasteiger partial charge >= 0.3 is 6.18 Å². The zero-order chi connectivity index (χ0) is 23.9. The first kappa shape index (κ1) is 22.8. The average molecular weight is 460 g/mol. The quantitative estimate of drug-likeness (QED) is 0.464. The summed E-state index contributed by atoms with van der Waals surface area (Å²) >= 11 is 0. The molecule has 1 aliphatic heterocycles. The van der Waals surface area contributed by atoms with Crippen LogP contribution in [0.1, 0.15) is 31.7 Å². The number of halogens is 3. The Balaban J connectivity index is 1.75. The van der Waals surface area contributed by atoms with Gasteiger partial charge in [-0.05, 0) is 56.6 Å². The highest BCUT2D eigenvalue weighted by atomic mass is 19.4. The molecule has 0 spiro atoms. The first-order valence-corrected chi connectivity index (χ1v) is 10.4. The van der Waals surface area contributed by atoms with E-state index in [4.69, 9.17) is 0 Å². The van der Waals surface area contributed by atoms with E-state index in [2.05, 4.69) is 26.8 Å². The number of rotatable bonds is 5. The molecular weight excluding hydrogens is 437 g/mol. The van der Waals surface area contributed by atoms with Crippen molar-refractivity contribution < 1.29 is 18.3 Å². The molecule has 1 saturated heterocycles. The van der Waals surface area contributed by atoms with E-state index in [1.54, 1.807) is 10.7 Å². The van der Waals surface area contributed by atoms with E-state index in [0.717, 1.165) is 0 Å². The van der Waals surface area contributed by atoms with Crippen LogP contribution >= 0.6 is 0 Å². The summed E-state index contributed by atoms with van der Waals surface area (Å²) in [5.74, 6) is 0.234. The molecule has 174 valence electrons. The third-order valence-corrected chi connectivity index (χ3v) is 6.26. The second-order valence-corrected chi connectivity index (χ2v) is 8.41. The van der Waals surface area contributed by atoms with Gasteiger partial charge in [0, 0.05) is 11.9 Å². The minimum Gasteiger partial charge on any atom is -0.376 e. The second-order valence-electron chi connectivity index (χ2n) is 8.41. The Bertz CT molecular complexity index is 1250. The van der Waals surface area contributed by atoms with Crippen LogP contribution in [0.5, 0.6) is 0 Å². The van der Waals surface area contributed by atoms with Gasteiger partial charge in [-0.1, -0.05) is 12.1 Å². The number of fused-ring (bicyclic) bond motifs is 1. The number of alkyl halides is 3. The van der Waals surface area contributed by atoms with Gasteiger partial charge in [0.2, 0.25) is 0 Å². The molecule has 2 aromatic heterocycles. The van der Waals surface area contributed by atoms with Gasteiger partial charge in [0.25, 0.3) is 5.56 Å². The van der Waals surface area contributed by atoms with Gasteiger partial charge < -0.3 is 20.7 Å². The van der Waals surface area contributed by atoms with Gasteiger partial charge in [0.1, 0.15) is 5.39 Å². The van der Waals surface area contributed by atoms with Crippen molar-refractivity contribution in [3.8, 4) is 6.07 Å². The van der Waals surface area contributed by atoms with Crippen LogP contribution in [0, 0.1) is 11.3 Å². The number of H-pyrrole nitrogens is 1. The lowest BCUT2D eigenvalue weighted by atomic mass is 9.85. The van der Waals surface area contributed by atoms with Crippen LogP contribution in [0.25, 0.3) is 10.9 Å². The summed E-state index contributed by atoms with van der Waals surface area (Å²) in [5.41, 5.74) is -3.30. The molecule has 1 aromatic carbocycles. The SMILES string of the molecule is CC(O)(c1ccc(Nc2nn(C3(CC#N)CCNCC3)c3cc[nH]c(=O)c23)cc1)C(F)(F)F. The van der Waals surface area contributed by atoms with Crippen molar-refractivity contribution in [3.63, 3.8) is 0 Å². The summed E-state index contributed by atoms with van der Waals surface area (Å²) in [4.78, 5) is 15.3. The summed E-state index contributed by atoms with van der Waals surface area (Å²) in [6.07, 6.45) is -1.77. The fourth-order valence-corrected chi connectivity index (χ4v) is 4.21. The summed E-state index contributed by atoms with van der Waals surface area (Å²) < 4.78 is 41.1. The molecule has 11 heteroatoms. The monoisotopic (exact) mass is 460 g/mol. The predicted octanol–water partition coefficient (Wildman–Crippen LogP) is 3.23. The fraction of sp³-hybridized carbons (Fsp3) is 0.409. The van der Waals surface area contributed by atoms with Gasteiger partial charge in [-0.3, -0.25) is 9.48 Å². The van der Waals surface area contributed by atoms with Gasteiger partial charge in [0.15, 0.2) is 11.4 Å². The number of aromatic nitrogens is 3. The van der Waals surface area contributed by atoms with Crippen molar-refractivity contribution in [1.82, 2.24) is 20.1 Å². The van der Waals surface area contributed by atoms with E-state index in [9.17, 15) is 28.3 Å². The number of nitrogens with zero attached hydrogens (tertiary/aromatic N) is 3. The molecule has 33 heavy (non-hydrogen) atoms. The average Bonchev–Trinajstić information content (AvgIpc) is 3.14. The van der Waals surface area contributed by atoms with Crippen molar-refractivity contribution in [3.05, 3.63) is 52.4 Å². The molecular formula is C22H23F3N6O2. The van der Waals surface area contributed by atoms with Crippen molar-refractivity contribution in [2.75, 3.05) is 18.4 Å². The first-order valence-electron chi connectivity index (χ1n) is 10.4. The molecule has 1 atom stereocenters. The molecule has 4 rings (SSSR count). The third-order valence-electron chi connectivity index (χ3n) is 6.26. The van der Waals surface area contributed by atoms with E-state index >= 15 is 0 Å². The van der Waals surface area contributed by atoms with Crippen LogP contribution in [0.2, 0.25) is 0 Å². The van der Waals surface area contributed by atoms with Crippen LogP contribution in [0.4, 0.5) is 24.7 Å². The predicted molar refractivity (Wildman–Crippen MR) is 116 cm³/mol. The molecule has 0 saturated carbocycles. The molecule has 0 bridgehead atoms. The Morgan fingerprint density at radius 2 is 1.91 bits per heavy atom. The molecule has 3 aromatic rings. The van der Waals surface area contributed by atoms with Gasteiger partial charge in [-0.2, -0.15) is 23.5 Å². The normalized spacial score (nSPS) is 17.9. The van der Waals surface area contributed by atoms with E-state index in [1.807, 2.05) is 0 Å². The maximum Gasteiger partial charge on any atom is 0.421 e. The number of anilines is 2. The topological polar surface area (TPSA) is 119 Å². The summed E-state index contributed by atoms with van der Waals surface area (Å²) in [5, 5.41) is 30.6. The second kappa shape index (κ2) is 8.20. The van der Waals surface area contributed by atoms with Gasteiger partial charge in [0.05, 0.1) is 23.5 Å². The van der Waals surface area contributed by atoms with Crippen LogP contribution in [-0.2, 0) is 11.1 Å².